The van der Waals surface area contributed by atoms with Crippen LogP contribution in [0.4, 0.5) is 0 Å². The molecule has 1 fully saturated rings. The van der Waals surface area contributed by atoms with E-state index in [0.717, 1.165) is 11.3 Å². The Labute approximate surface area is 123 Å². The van der Waals surface area contributed by atoms with Gasteiger partial charge in [-0.1, -0.05) is 0 Å². The summed E-state index contributed by atoms with van der Waals surface area (Å²) in [4.78, 5) is 14.1. The maximum Gasteiger partial charge on any atom is 0.274 e. The van der Waals surface area contributed by atoms with Gasteiger partial charge in [0.1, 0.15) is 5.60 Å². The number of carbonyl (C=O) groups excluding carboxylic acids is 1. The van der Waals surface area contributed by atoms with E-state index in [1.165, 1.54) is 7.11 Å². The summed E-state index contributed by atoms with van der Waals surface area (Å²) in [6.45, 7) is 4.73. The molecule has 1 aromatic heterocycles. The van der Waals surface area contributed by atoms with Gasteiger partial charge in [0, 0.05) is 19.1 Å². The van der Waals surface area contributed by atoms with E-state index in [4.69, 9.17) is 9.47 Å². The van der Waals surface area contributed by atoms with Crippen LogP contribution in [0.5, 0.6) is 0 Å². The van der Waals surface area contributed by atoms with Gasteiger partial charge in [-0.2, -0.15) is 5.10 Å². The van der Waals surface area contributed by atoms with Crippen LogP contribution >= 0.6 is 0 Å². The van der Waals surface area contributed by atoms with Crippen molar-refractivity contribution in [1.29, 1.82) is 0 Å². The van der Waals surface area contributed by atoms with Gasteiger partial charge in [0.15, 0.2) is 5.69 Å². The Morgan fingerprint density at radius 1 is 1.57 bits per heavy atom. The molecule has 2 aliphatic rings. The number of amides is 1. The molecule has 2 atom stereocenters. The van der Waals surface area contributed by atoms with Crippen LogP contribution in [0.15, 0.2) is 0 Å². The van der Waals surface area contributed by atoms with Crippen LogP contribution in [0, 0.1) is 0 Å². The number of hydrogen-bond acceptors (Lipinski definition) is 5. The Balaban J connectivity index is 1.76. The summed E-state index contributed by atoms with van der Waals surface area (Å²) in [6, 6.07) is 0. The van der Waals surface area contributed by atoms with Crippen molar-refractivity contribution >= 4 is 5.91 Å². The van der Waals surface area contributed by atoms with Crippen molar-refractivity contribution < 1.29 is 19.4 Å². The smallest absolute Gasteiger partial charge is 0.274 e. The summed E-state index contributed by atoms with van der Waals surface area (Å²) in [7, 11) is 1.54. The maximum atomic E-state index is 12.5. The van der Waals surface area contributed by atoms with Gasteiger partial charge in [0.05, 0.1) is 37.6 Å². The number of nitrogens with zero attached hydrogens (tertiary/aromatic N) is 2. The van der Waals surface area contributed by atoms with Crippen LogP contribution in [0.3, 0.4) is 0 Å². The number of hydrogen-bond donors (Lipinski definition) is 2. The molecule has 0 spiro atoms. The van der Waals surface area contributed by atoms with E-state index in [0.29, 0.717) is 12.1 Å². The van der Waals surface area contributed by atoms with Crippen LogP contribution in [0.1, 0.15) is 41.7 Å². The molecular formula is C14H21N3O4. The van der Waals surface area contributed by atoms with Crippen molar-refractivity contribution in [3.63, 3.8) is 0 Å². The summed E-state index contributed by atoms with van der Waals surface area (Å²) < 4.78 is 10.7. The molecule has 0 unspecified atom stereocenters. The van der Waals surface area contributed by atoms with Crippen LogP contribution in [0.25, 0.3) is 0 Å². The quantitative estimate of drug-likeness (QED) is 0.835. The zero-order valence-corrected chi connectivity index (χ0v) is 12.5. The number of rotatable bonds is 3. The molecule has 2 aliphatic heterocycles. The summed E-state index contributed by atoms with van der Waals surface area (Å²) in [5.41, 5.74) is 1.34. The highest BCUT2D eigenvalue weighted by Crippen LogP contribution is 2.32. The van der Waals surface area contributed by atoms with Crippen LogP contribution < -0.4 is 0 Å². The van der Waals surface area contributed by atoms with Crippen LogP contribution in [0.2, 0.25) is 0 Å². The largest absolute Gasteiger partial charge is 0.384 e. The number of ether oxygens (including phenoxy) is 2. The maximum absolute atomic E-state index is 12.5. The Morgan fingerprint density at radius 3 is 2.95 bits per heavy atom. The second-order valence-electron chi connectivity index (χ2n) is 6.08. The van der Waals surface area contributed by atoms with E-state index < -0.39 is 5.60 Å². The number of aromatic amines is 1. The SMILES string of the molecule is COCC1(O)CN(C(=O)c2n[nH]c3c2C[C@H](C)O[C@@H]3C)C1. The van der Waals surface area contributed by atoms with Crippen molar-refractivity contribution in [3.05, 3.63) is 17.0 Å². The third-order valence-corrected chi connectivity index (χ3v) is 4.11. The van der Waals surface area contributed by atoms with Gasteiger partial charge in [-0.25, -0.2) is 0 Å². The highest BCUT2D eigenvalue weighted by atomic mass is 16.5. The van der Waals surface area contributed by atoms with Crippen molar-refractivity contribution in [2.24, 2.45) is 0 Å². The average Bonchev–Trinajstić information content (AvgIpc) is 2.79. The molecule has 1 aromatic rings. The van der Waals surface area contributed by atoms with Gasteiger partial charge >= 0.3 is 0 Å². The Kier molecular flexibility index (Phi) is 3.51. The van der Waals surface area contributed by atoms with Gasteiger partial charge in [-0.15, -0.1) is 0 Å². The lowest BCUT2D eigenvalue weighted by atomic mass is 9.93. The number of methoxy groups -OCH3 is 1. The number of β-amino-alcohol motifs (C(OH)–C–C–N with tert-alkyl or cyclic N) is 1. The van der Waals surface area contributed by atoms with E-state index in [2.05, 4.69) is 10.2 Å². The molecule has 3 heterocycles. The number of carbonyl (C=O) groups is 1. The third kappa shape index (κ3) is 2.45. The number of likely N-dealkylation sites (tertiary alicyclic amines) is 1. The minimum Gasteiger partial charge on any atom is -0.384 e. The number of fused-ring (bicyclic) bond motifs is 1. The second kappa shape index (κ2) is 5.08. The molecule has 7 nitrogen and oxygen atoms in total. The summed E-state index contributed by atoms with van der Waals surface area (Å²) in [6.07, 6.45) is 0.658. The zero-order valence-electron chi connectivity index (χ0n) is 12.5. The van der Waals surface area contributed by atoms with Crippen molar-refractivity contribution in [2.75, 3.05) is 26.8 Å². The van der Waals surface area contributed by atoms with E-state index in [1.54, 1.807) is 4.90 Å². The molecule has 0 saturated carbocycles. The number of aromatic nitrogens is 2. The zero-order chi connectivity index (χ0) is 15.2. The molecule has 3 rings (SSSR count). The van der Waals surface area contributed by atoms with Gasteiger partial charge < -0.3 is 19.5 Å². The van der Waals surface area contributed by atoms with Crippen LogP contribution in [-0.2, 0) is 15.9 Å². The molecule has 0 aliphatic carbocycles. The molecule has 7 heteroatoms. The number of nitrogens with one attached hydrogen (secondary N) is 1. The number of aliphatic hydroxyl groups is 1. The lowest BCUT2D eigenvalue weighted by Crippen LogP contribution is -2.65. The Morgan fingerprint density at radius 2 is 2.29 bits per heavy atom. The summed E-state index contributed by atoms with van der Waals surface area (Å²) in [5.74, 6) is -0.144. The van der Waals surface area contributed by atoms with E-state index in [1.807, 2.05) is 13.8 Å². The van der Waals surface area contributed by atoms with Crippen molar-refractivity contribution in [1.82, 2.24) is 15.1 Å². The molecule has 2 N–H and O–H groups in total. The molecule has 0 bridgehead atoms. The first kappa shape index (κ1) is 14.5. The normalized spacial score (nSPS) is 27.1. The molecule has 21 heavy (non-hydrogen) atoms. The lowest BCUT2D eigenvalue weighted by Gasteiger charge is -2.45. The lowest BCUT2D eigenvalue weighted by molar-refractivity contribution is -0.118. The van der Waals surface area contributed by atoms with Gasteiger partial charge in [0.25, 0.3) is 5.91 Å². The number of H-pyrrole nitrogens is 1. The van der Waals surface area contributed by atoms with Crippen molar-refractivity contribution in [2.45, 2.75) is 38.1 Å². The topological polar surface area (TPSA) is 87.7 Å². The minimum absolute atomic E-state index is 0.0680. The Bertz CT molecular complexity index is 550. The second-order valence-corrected chi connectivity index (χ2v) is 6.08. The fraction of sp³-hybridized carbons (Fsp3) is 0.714. The minimum atomic E-state index is -0.926. The highest BCUT2D eigenvalue weighted by molar-refractivity contribution is 5.94. The molecule has 1 amide bonds. The first-order valence-corrected chi connectivity index (χ1v) is 7.17. The first-order chi connectivity index (χ1) is 9.93. The fourth-order valence-corrected chi connectivity index (χ4v) is 3.17. The molecule has 0 radical (unpaired) electrons. The molecule has 1 saturated heterocycles. The Hall–Kier alpha value is -1.44. The van der Waals surface area contributed by atoms with E-state index in [-0.39, 0.29) is 37.8 Å². The fourth-order valence-electron chi connectivity index (χ4n) is 3.17. The standard InChI is InChI=1S/C14H21N3O4/c1-8-4-10-11(9(2)21-8)15-16-12(10)13(18)17-5-14(19,6-17)7-20-3/h8-9,19H,4-7H2,1-3H3,(H,15,16)/t8-,9+/m0/s1. The van der Waals surface area contributed by atoms with Crippen LogP contribution in [-0.4, -0.2) is 64.6 Å². The molecule has 0 aromatic carbocycles. The summed E-state index contributed by atoms with van der Waals surface area (Å²) >= 11 is 0. The van der Waals surface area contributed by atoms with Crippen molar-refractivity contribution in [3.8, 4) is 0 Å². The predicted octanol–water partition coefficient (Wildman–Crippen LogP) is 0.265. The molecule has 116 valence electrons. The monoisotopic (exact) mass is 295 g/mol. The van der Waals surface area contributed by atoms with Gasteiger partial charge in [0.2, 0.25) is 0 Å². The first-order valence-electron chi connectivity index (χ1n) is 7.17. The predicted molar refractivity (Wildman–Crippen MR) is 74.0 cm³/mol. The van der Waals surface area contributed by atoms with E-state index >= 15 is 0 Å². The third-order valence-electron chi connectivity index (χ3n) is 4.11. The highest BCUT2D eigenvalue weighted by Gasteiger charge is 2.45. The average molecular weight is 295 g/mol. The van der Waals surface area contributed by atoms with Gasteiger partial charge in [-0.3, -0.25) is 9.89 Å². The van der Waals surface area contributed by atoms with E-state index in [9.17, 15) is 9.90 Å². The molecular weight excluding hydrogens is 274 g/mol. The summed E-state index contributed by atoms with van der Waals surface area (Å²) in [5, 5.41) is 17.2. The van der Waals surface area contributed by atoms with Gasteiger partial charge in [-0.05, 0) is 13.8 Å².